The largest absolute Gasteiger partial charge is 0.467 e. The summed E-state index contributed by atoms with van der Waals surface area (Å²) in [6, 6.07) is 3.91. The smallest absolute Gasteiger partial charge is 0.204 e. The Hall–Kier alpha value is -1.25. The van der Waals surface area contributed by atoms with Gasteiger partial charge >= 0.3 is 0 Å². The molecule has 0 bridgehead atoms. The molecule has 10 heavy (non-hydrogen) atoms. The maximum Gasteiger partial charge on any atom is 0.204 e. The summed E-state index contributed by atoms with van der Waals surface area (Å²) in [5, 5.41) is 0. The highest BCUT2D eigenvalue weighted by atomic mass is 16.3. The first kappa shape index (κ1) is 8.75. The lowest BCUT2D eigenvalue weighted by Gasteiger charge is -1.76. The molecule has 3 heteroatoms. The molecule has 0 aliphatic rings. The van der Waals surface area contributed by atoms with Crippen LogP contribution in [0.4, 0.5) is 0 Å². The van der Waals surface area contributed by atoms with Gasteiger partial charge in [0.05, 0.1) is 0 Å². The van der Waals surface area contributed by atoms with E-state index < -0.39 is 0 Å². The number of carbonyl (C=O) groups is 1. The van der Waals surface area contributed by atoms with Crippen LogP contribution in [0.1, 0.15) is 11.5 Å². The van der Waals surface area contributed by atoms with Gasteiger partial charge in [0.2, 0.25) is 6.41 Å². The number of aryl methyl sites for hydroxylation is 2. The predicted molar refractivity (Wildman–Crippen MR) is 38.4 cm³/mol. The van der Waals surface area contributed by atoms with Crippen molar-refractivity contribution in [2.45, 2.75) is 13.8 Å². The van der Waals surface area contributed by atoms with Crippen molar-refractivity contribution < 1.29 is 9.21 Å². The fourth-order valence-electron chi connectivity index (χ4n) is 0.557. The fraction of sp³-hybridized carbons (Fsp3) is 0.286. The second-order valence-corrected chi connectivity index (χ2v) is 1.79. The Kier molecular flexibility index (Phi) is 4.04. The first-order valence-electron chi connectivity index (χ1n) is 2.89. The van der Waals surface area contributed by atoms with E-state index in [4.69, 9.17) is 9.21 Å². The molecule has 0 aromatic carbocycles. The lowest BCUT2D eigenvalue weighted by molar-refractivity contribution is -0.106. The second-order valence-electron chi connectivity index (χ2n) is 1.79. The van der Waals surface area contributed by atoms with Crippen molar-refractivity contribution in [1.82, 2.24) is 0 Å². The van der Waals surface area contributed by atoms with E-state index in [0.717, 1.165) is 11.5 Å². The predicted octanol–water partition coefficient (Wildman–Crippen LogP) is 0.998. The lowest BCUT2D eigenvalue weighted by atomic mass is 10.5. The third-order valence-corrected chi connectivity index (χ3v) is 0.875. The molecule has 1 heterocycles. The normalized spacial score (nSPS) is 7.80. The molecule has 0 saturated heterocycles. The van der Waals surface area contributed by atoms with Gasteiger partial charge in [0.1, 0.15) is 11.5 Å². The third-order valence-electron chi connectivity index (χ3n) is 0.875. The van der Waals surface area contributed by atoms with Crippen molar-refractivity contribution in [3.63, 3.8) is 0 Å². The first-order valence-corrected chi connectivity index (χ1v) is 2.89. The summed E-state index contributed by atoms with van der Waals surface area (Å²) in [6.45, 7) is 3.88. The Morgan fingerprint density at radius 1 is 1.40 bits per heavy atom. The van der Waals surface area contributed by atoms with Crippen LogP contribution in [0, 0.1) is 13.8 Å². The monoisotopic (exact) mass is 141 g/mol. The van der Waals surface area contributed by atoms with Gasteiger partial charge in [-0.3, -0.25) is 4.79 Å². The molecule has 0 aliphatic carbocycles. The number of hydrogen-bond acceptors (Lipinski definition) is 2. The average Bonchev–Trinajstić information content (AvgIpc) is 2.17. The van der Waals surface area contributed by atoms with E-state index in [2.05, 4.69) is 5.73 Å². The Labute approximate surface area is 59.8 Å². The molecule has 0 atom stereocenters. The van der Waals surface area contributed by atoms with Gasteiger partial charge in [0, 0.05) is 0 Å². The Morgan fingerprint density at radius 2 is 1.70 bits per heavy atom. The molecule has 0 aliphatic heterocycles. The number of carbonyl (C=O) groups excluding carboxylic acids is 1. The van der Waals surface area contributed by atoms with E-state index in [1.807, 2.05) is 26.0 Å². The van der Waals surface area contributed by atoms with Gasteiger partial charge in [-0.1, -0.05) is 0 Å². The highest BCUT2D eigenvalue weighted by molar-refractivity contribution is 5.42. The summed E-state index contributed by atoms with van der Waals surface area (Å²) < 4.78 is 5.08. The van der Waals surface area contributed by atoms with Crippen LogP contribution < -0.4 is 5.73 Å². The van der Waals surface area contributed by atoms with Crippen LogP contribution in [-0.2, 0) is 4.79 Å². The zero-order valence-corrected chi connectivity index (χ0v) is 6.13. The SMILES string of the molecule is Cc1ccc(C)o1.NC=O. The van der Waals surface area contributed by atoms with E-state index in [0.29, 0.717) is 0 Å². The average molecular weight is 141 g/mol. The van der Waals surface area contributed by atoms with Gasteiger partial charge in [-0.25, -0.2) is 0 Å². The van der Waals surface area contributed by atoms with Crippen molar-refractivity contribution in [1.29, 1.82) is 0 Å². The molecule has 0 saturated carbocycles. The van der Waals surface area contributed by atoms with Gasteiger partial charge in [-0.05, 0) is 26.0 Å². The standard InChI is InChI=1S/C6H8O.CH3NO/c1-5-3-4-6(2)7-5;2-1-3/h3-4H,1-2H3;1H,(H2,2,3). The first-order chi connectivity index (χ1) is 4.70. The molecule has 1 aromatic heterocycles. The van der Waals surface area contributed by atoms with Gasteiger partial charge < -0.3 is 10.2 Å². The molecule has 2 N–H and O–H groups in total. The number of rotatable bonds is 0. The summed E-state index contributed by atoms with van der Waals surface area (Å²) >= 11 is 0. The number of primary amides is 1. The van der Waals surface area contributed by atoms with E-state index in [1.54, 1.807) is 0 Å². The molecule has 1 rings (SSSR count). The molecule has 1 aromatic rings. The van der Waals surface area contributed by atoms with Crippen LogP contribution >= 0.6 is 0 Å². The van der Waals surface area contributed by atoms with Crippen LogP contribution in [0.2, 0.25) is 0 Å². The molecule has 1 amide bonds. The third kappa shape index (κ3) is 3.72. The second kappa shape index (κ2) is 4.61. The van der Waals surface area contributed by atoms with Gasteiger partial charge in [0.25, 0.3) is 0 Å². The lowest BCUT2D eigenvalue weighted by Crippen LogP contribution is -1.82. The molecule has 0 fully saturated rings. The Balaban J connectivity index is 0.000000236. The van der Waals surface area contributed by atoms with E-state index in [1.165, 1.54) is 0 Å². The minimum atomic E-state index is 0.250. The summed E-state index contributed by atoms with van der Waals surface area (Å²) in [7, 11) is 0. The fourth-order valence-corrected chi connectivity index (χ4v) is 0.557. The number of amides is 1. The number of furan rings is 1. The maximum atomic E-state index is 8.58. The highest BCUT2D eigenvalue weighted by Crippen LogP contribution is 2.02. The highest BCUT2D eigenvalue weighted by Gasteiger charge is 1.85. The molecule has 56 valence electrons. The van der Waals surface area contributed by atoms with Crippen molar-refractivity contribution in [2.75, 3.05) is 0 Å². The molecular formula is C7H11NO2. The van der Waals surface area contributed by atoms with E-state index in [9.17, 15) is 0 Å². The van der Waals surface area contributed by atoms with Gasteiger partial charge in [-0.15, -0.1) is 0 Å². The molecule has 3 nitrogen and oxygen atoms in total. The number of hydrogen-bond donors (Lipinski definition) is 1. The summed E-state index contributed by atoms with van der Waals surface area (Å²) in [6.07, 6.45) is 0.250. The molecule has 0 unspecified atom stereocenters. The van der Waals surface area contributed by atoms with Crippen LogP contribution in [0.25, 0.3) is 0 Å². The minimum absolute atomic E-state index is 0.250. The van der Waals surface area contributed by atoms with Crippen LogP contribution in [0.5, 0.6) is 0 Å². The van der Waals surface area contributed by atoms with Crippen LogP contribution in [-0.4, -0.2) is 6.41 Å². The topological polar surface area (TPSA) is 56.2 Å². The molecular weight excluding hydrogens is 130 g/mol. The van der Waals surface area contributed by atoms with Gasteiger partial charge in [-0.2, -0.15) is 0 Å². The quantitative estimate of drug-likeness (QED) is 0.548. The minimum Gasteiger partial charge on any atom is -0.467 e. The zero-order chi connectivity index (χ0) is 7.98. The van der Waals surface area contributed by atoms with Crippen molar-refractivity contribution in [3.05, 3.63) is 23.7 Å². The van der Waals surface area contributed by atoms with Crippen molar-refractivity contribution in [2.24, 2.45) is 5.73 Å². The summed E-state index contributed by atoms with van der Waals surface area (Å²) in [5.74, 6) is 1.97. The van der Waals surface area contributed by atoms with Crippen LogP contribution in [0.15, 0.2) is 16.5 Å². The summed E-state index contributed by atoms with van der Waals surface area (Å²) in [5.41, 5.74) is 4.17. The van der Waals surface area contributed by atoms with E-state index >= 15 is 0 Å². The summed E-state index contributed by atoms with van der Waals surface area (Å²) in [4.78, 5) is 8.58. The molecule has 0 spiro atoms. The van der Waals surface area contributed by atoms with Crippen LogP contribution in [0.3, 0.4) is 0 Å². The molecule has 0 radical (unpaired) electrons. The maximum absolute atomic E-state index is 8.58. The van der Waals surface area contributed by atoms with E-state index in [-0.39, 0.29) is 6.41 Å². The number of nitrogens with two attached hydrogens (primary N) is 1. The zero-order valence-electron chi connectivity index (χ0n) is 6.13. The van der Waals surface area contributed by atoms with Crippen molar-refractivity contribution >= 4 is 6.41 Å². The Morgan fingerprint density at radius 3 is 1.80 bits per heavy atom. The van der Waals surface area contributed by atoms with Gasteiger partial charge in [0.15, 0.2) is 0 Å². The Bertz CT molecular complexity index is 177. The van der Waals surface area contributed by atoms with Crippen molar-refractivity contribution in [3.8, 4) is 0 Å².